The zero-order valence-electron chi connectivity index (χ0n) is 12.4. The molecule has 2 nitrogen and oxygen atoms in total. The molecule has 22 heavy (non-hydrogen) atoms. The molecule has 0 radical (unpaired) electrons. The van der Waals surface area contributed by atoms with Gasteiger partial charge in [0, 0.05) is 21.5 Å². The van der Waals surface area contributed by atoms with Gasteiger partial charge in [0.25, 0.3) is 0 Å². The van der Waals surface area contributed by atoms with E-state index >= 15 is 0 Å². The first-order valence-electron chi connectivity index (χ1n) is 7.16. The number of rotatable bonds is 3. The maximum Gasteiger partial charge on any atom is 0.123 e. The van der Waals surface area contributed by atoms with Crippen molar-refractivity contribution in [1.29, 1.82) is 0 Å². The lowest BCUT2D eigenvalue weighted by molar-refractivity contribution is 0.628. The van der Waals surface area contributed by atoms with Gasteiger partial charge in [0.1, 0.15) is 11.6 Å². The Kier molecular flexibility index (Phi) is 4.12. The van der Waals surface area contributed by atoms with Crippen molar-refractivity contribution in [3.8, 4) is 22.5 Å². The second-order valence-electron chi connectivity index (χ2n) is 5.52. The van der Waals surface area contributed by atoms with E-state index in [2.05, 4.69) is 34.8 Å². The highest BCUT2D eigenvalue weighted by Gasteiger charge is 2.16. The summed E-state index contributed by atoms with van der Waals surface area (Å²) in [7, 11) is 0. The van der Waals surface area contributed by atoms with Crippen LogP contribution >= 0.6 is 15.9 Å². The molecule has 0 aliphatic rings. The minimum absolute atomic E-state index is 0.239. The molecule has 0 aliphatic heterocycles. The molecule has 0 unspecified atom stereocenters. The summed E-state index contributed by atoms with van der Waals surface area (Å²) < 4.78 is 14.2. The summed E-state index contributed by atoms with van der Waals surface area (Å²) in [6.07, 6.45) is 0. The highest BCUT2D eigenvalue weighted by molar-refractivity contribution is 9.10. The summed E-state index contributed by atoms with van der Waals surface area (Å²) in [6.45, 7) is 4.19. The van der Waals surface area contributed by atoms with Crippen LogP contribution in [0.2, 0.25) is 0 Å². The van der Waals surface area contributed by atoms with Crippen molar-refractivity contribution in [3.63, 3.8) is 0 Å². The normalized spacial score (nSPS) is 11.1. The van der Waals surface area contributed by atoms with Gasteiger partial charge in [0.2, 0.25) is 0 Å². The average Bonchev–Trinajstić information content (AvgIpc) is 2.93. The predicted octanol–water partition coefficient (Wildman–Crippen LogP) is 5.77. The summed E-state index contributed by atoms with van der Waals surface area (Å²) in [6, 6.07) is 14.5. The van der Waals surface area contributed by atoms with Gasteiger partial charge in [0.15, 0.2) is 0 Å². The molecule has 1 aromatic heterocycles. The van der Waals surface area contributed by atoms with Crippen molar-refractivity contribution in [1.82, 2.24) is 9.97 Å². The van der Waals surface area contributed by atoms with E-state index in [1.807, 2.05) is 24.3 Å². The minimum atomic E-state index is -0.239. The van der Waals surface area contributed by atoms with Crippen molar-refractivity contribution in [2.75, 3.05) is 0 Å². The second kappa shape index (κ2) is 6.05. The predicted molar refractivity (Wildman–Crippen MR) is 91.2 cm³/mol. The van der Waals surface area contributed by atoms with Crippen LogP contribution in [0.5, 0.6) is 0 Å². The van der Waals surface area contributed by atoms with Crippen LogP contribution < -0.4 is 0 Å². The number of hydrogen-bond donors (Lipinski definition) is 1. The topological polar surface area (TPSA) is 28.7 Å². The van der Waals surface area contributed by atoms with Gasteiger partial charge in [-0.1, -0.05) is 41.9 Å². The lowest BCUT2D eigenvalue weighted by Gasteiger charge is -2.04. The average molecular weight is 359 g/mol. The number of aromatic amines is 1. The smallest absolute Gasteiger partial charge is 0.123 e. The molecule has 0 spiro atoms. The molecule has 3 aromatic rings. The van der Waals surface area contributed by atoms with Gasteiger partial charge >= 0.3 is 0 Å². The highest BCUT2D eigenvalue weighted by atomic mass is 79.9. The van der Waals surface area contributed by atoms with Crippen molar-refractivity contribution < 1.29 is 4.39 Å². The van der Waals surface area contributed by atoms with Crippen molar-refractivity contribution in [2.45, 2.75) is 19.8 Å². The first kappa shape index (κ1) is 15.0. The number of imidazole rings is 1. The number of nitrogens with zero attached hydrogens (tertiary/aromatic N) is 1. The Morgan fingerprint density at radius 3 is 2.41 bits per heavy atom. The number of benzene rings is 2. The van der Waals surface area contributed by atoms with Crippen molar-refractivity contribution >= 4 is 15.9 Å². The van der Waals surface area contributed by atoms with Crippen LogP contribution in [-0.4, -0.2) is 9.97 Å². The molecule has 3 rings (SSSR count). The molecular formula is C18H16BrFN2. The molecule has 1 N–H and O–H groups in total. The maximum atomic E-state index is 13.2. The fourth-order valence-electron chi connectivity index (χ4n) is 2.34. The van der Waals surface area contributed by atoms with Gasteiger partial charge in [-0.25, -0.2) is 9.37 Å². The van der Waals surface area contributed by atoms with E-state index in [0.717, 1.165) is 32.8 Å². The van der Waals surface area contributed by atoms with Crippen molar-refractivity contribution in [3.05, 3.63) is 64.6 Å². The van der Waals surface area contributed by atoms with E-state index in [9.17, 15) is 4.39 Å². The lowest BCUT2D eigenvalue weighted by atomic mass is 10.1. The Morgan fingerprint density at radius 1 is 1.05 bits per heavy atom. The Bertz CT molecular complexity index is 791. The van der Waals surface area contributed by atoms with E-state index < -0.39 is 0 Å². The molecule has 1 heterocycles. The first-order chi connectivity index (χ1) is 10.5. The zero-order valence-corrected chi connectivity index (χ0v) is 14.0. The van der Waals surface area contributed by atoms with Gasteiger partial charge < -0.3 is 4.98 Å². The summed E-state index contributed by atoms with van der Waals surface area (Å²) in [5.74, 6) is 0.978. The molecule has 0 atom stereocenters. The number of hydrogen-bond acceptors (Lipinski definition) is 1. The Hall–Kier alpha value is -1.94. The van der Waals surface area contributed by atoms with Crippen LogP contribution in [0.4, 0.5) is 4.39 Å². The second-order valence-corrected chi connectivity index (χ2v) is 6.43. The highest BCUT2D eigenvalue weighted by Crippen LogP contribution is 2.33. The number of halogens is 2. The third kappa shape index (κ3) is 2.97. The SMILES string of the molecule is CC(C)c1nc(-c2cccc(Br)c2)c(-c2ccc(F)cc2)[nH]1. The van der Waals surface area contributed by atoms with Crippen molar-refractivity contribution in [2.24, 2.45) is 0 Å². The number of aromatic nitrogens is 2. The van der Waals surface area contributed by atoms with Gasteiger partial charge in [-0.05, 0) is 36.4 Å². The monoisotopic (exact) mass is 358 g/mol. The molecule has 0 amide bonds. The molecule has 0 aliphatic carbocycles. The van der Waals surface area contributed by atoms with Crippen LogP contribution in [0.1, 0.15) is 25.6 Å². The Labute approximate surface area is 137 Å². The fraction of sp³-hybridized carbons (Fsp3) is 0.167. The zero-order chi connectivity index (χ0) is 15.7. The third-order valence-electron chi connectivity index (χ3n) is 3.50. The maximum absolute atomic E-state index is 13.2. The number of nitrogens with one attached hydrogen (secondary N) is 1. The fourth-order valence-corrected chi connectivity index (χ4v) is 2.73. The van der Waals surface area contributed by atoms with Crippen LogP contribution in [-0.2, 0) is 0 Å². The standard InChI is InChI=1S/C18H16BrFN2/c1-11(2)18-21-16(12-6-8-15(20)9-7-12)17(22-18)13-4-3-5-14(19)10-13/h3-11H,1-2H3,(H,21,22). The van der Waals surface area contributed by atoms with E-state index in [-0.39, 0.29) is 5.82 Å². The van der Waals surface area contributed by atoms with E-state index in [0.29, 0.717) is 5.92 Å². The molecule has 112 valence electrons. The minimum Gasteiger partial charge on any atom is -0.341 e. The molecule has 0 bridgehead atoms. The van der Waals surface area contributed by atoms with E-state index in [1.54, 1.807) is 12.1 Å². The van der Waals surface area contributed by atoms with Crippen LogP contribution in [0.25, 0.3) is 22.5 Å². The van der Waals surface area contributed by atoms with Gasteiger partial charge in [-0.2, -0.15) is 0 Å². The Morgan fingerprint density at radius 2 is 1.77 bits per heavy atom. The van der Waals surface area contributed by atoms with Crippen LogP contribution in [0.15, 0.2) is 53.0 Å². The largest absolute Gasteiger partial charge is 0.341 e. The summed E-state index contributed by atoms with van der Waals surface area (Å²) in [5.41, 5.74) is 3.76. The molecule has 4 heteroatoms. The van der Waals surface area contributed by atoms with E-state index in [1.165, 1.54) is 12.1 Å². The third-order valence-corrected chi connectivity index (χ3v) is 3.99. The number of H-pyrrole nitrogens is 1. The lowest BCUT2D eigenvalue weighted by Crippen LogP contribution is -1.89. The quantitative estimate of drug-likeness (QED) is 0.632. The summed E-state index contributed by atoms with van der Waals surface area (Å²) in [5, 5.41) is 0. The van der Waals surface area contributed by atoms with Gasteiger partial charge in [0.05, 0.1) is 11.4 Å². The van der Waals surface area contributed by atoms with E-state index in [4.69, 9.17) is 4.98 Å². The molecular weight excluding hydrogens is 343 g/mol. The van der Waals surface area contributed by atoms with Gasteiger partial charge in [-0.15, -0.1) is 0 Å². The molecule has 2 aromatic carbocycles. The molecule has 0 saturated carbocycles. The van der Waals surface area contributed by atoms with Crippen LogP contribution in [0.3, 0.4) is 0 Å². The first-order valence-corrected chi connectivity index (χ1v) is 7.95. The molecule has 0 saturated heterocycles. The van der Waals surface area contributed by atoms with Gasteiger partial charge in [-0.3, -0.25) is 0 Å². The summed E-state index contributed by atoms with van der Waals surface area (Å²) in [4.78, 5) is 8.14. The summed E-state index contributed by atoms with van der Waals surface area (Å²) >= 11 is 3.50. The van der Waals surface area contributed by atoms with Crippen LogP contribution in [0, 0.1) is 5.82 Å². The molecule has 0 fully saturated rings. The Balaban J connectivity index is 2.18.